The molecular weight excluding hydrogens is 328 g/mol. The molecule has 1 aromatic heterocycles. The van der Waals surface area contributed by atoms with Gasteiger partial charge in [-0.25, -0.2) is 9.97 Å². The lowest BCUT2D eigenvalue weighted by Gasteiger charge is -2.12. The number of aromatic nitrogens is 2. The molecule has 26 heavy (non-hydrogen) atoms. The summed E-state index contributed by atoms with van der Waals surface area (Å²) in [5.41, 5.74) is 3.25. The molecule has 0 unspecified atom stereocenters. The molecule has 0 saturated carbocycles. The highest BCUT2D eigenvalue weighted by molar-refractivity contribution is 5.79. The van der Waals surface area contributed by atoms with Crippen LogP contribution in [0, 0.1) is 11.3 Å². The van der Waals surface area contributed by atoms with Gasteiger partial charge in [0, 0.05) is 17.7 Å². The molecule has 1 aliphatic rings. The van der Waals surface area contributed by atoms with Crippen LogP contribution in [0.1, 0.15) is 12.5 Å². The molecule has 0 radical (unpaired) electrons. The van der Waals surface area contributed by atoms with Crippen molar-refractivity contribution in [2.45, 2.75) is 6.92 Å². The molecule has 2 aromatic carbocycles. The highest BCUT2D eigenvalue weighted by Crippen LogP contribution is 2.38. The molecule has 0 aliphatic carbocycles. The smallest absolute Gasteiger partial charge is 0.231 e. The zero-order chi connectivity index (χ0) is 17.9. The average Bonchev–Trinajstić information content (AvgIpc) is 3.16. The summed E-state index contributed by atoms with van der Waals surface area (Å²) >= 11 is 0. The lowest BCUT2D eigenvalue weighted by Crippen LogP contribution is -2.06. The van der Waals surface area contributed by atoms with Gasteiger partial charge in [0.15, 0.2) is 11.5 Å². The van der Waals surface area contributed by atoms with E-state index in [0.29, 0.717) is 40.9 Å². The molecule has 0 spiro atoms. The molecule has 6 heteroatoms. The lowest BCUT2D eigenvalue weighted by molar-refractivity contribution is 0.174. The van der Waals surface area contributed by atoms with E-state index in [9.17, 15) is 5.26 Å². The third-order valence-electron chi connectivity index (χ3n) is 4.05. The standard InChI is InChI=1S/C20H16N4O2/c1-2-22-20-23-18(13-6-4-3-5-7-13)15(11-21)19(24-20)14-8-9-16-17(10-14)26-12-25-16/h3-10H,2,12H2,1H3,(H,22,23,24). The molecule has 0 saturated heterocycles. The van der Waals surface area contributed by atoms with E-state index in [-0.39, 0.29) is 6.79 Å². The fourth-order valence-corrected chi connectivity index (χ4v) is 2.86. The first-order valence-corrected chi connectivity index (χ1v) is 8.31. The van der Waals surface area contributed by atoms with Crippen molar-refractivity contribution >= 4 is 5.95 Å². The molecule has 4 rings (SSSR count). The van der Waals surface area contributed by atoms with Gasteiger partial charge in [-0.2, -0.15) is 5.26 Å². The minimum Gasteiger partial charge on any atom is -0.454 e. The van der Waals surface area contributed by atoms with E-state index in [2.05, 4.69) is 21.4 Å². The van der Waals surface area contributed by atoms with Crippen LogP contribution in [-0.4, -0.2) is 23.3 Å². The minimum absolute atomic E-state index is 0.200. The normalized spacial score (nSPS) is 11.8. The number of nitriles is 1. The summed E-state index contributed by atoms with van der Waals surface area (Å²) in [5, 5.41) is 13.0. The third kappa shape index (κ3) is 2.80. The second-order valence-electron chi connectivity index (χ2n) is 5.70. The topological polar surface area (TPSA) is 80.1 Å². The predicted molar refractivity (Wildman–Crippen MR) is 97.9 cm³/mol. The average molecular weight is 344 g/mol. The number of fused-ring (bicyclic) bond motifs is 1. The predicted octanol–water partition coefficient (Wildman–Crippen LogP) is 3.84. The third-order valence-corrected chi connectivity index (χ3v) is 4.05. The van der Waals surface area contributed by atoms with E-state index in [4.69, 9.17) is 9.47 Å². The van der Waals surface area contributed by atoms with Crippen molar-refractivity contribution in [1.29, 1.82) is 5.26 Å². The Bertz CT molecular complexity index is 997. The Morgan fingerprint density at radius 2 is 1.73 bits per heavy atom. The van der Waals surface area contributed by atoms with E-state index in [1.165, 1.54) is 0 Å². The van der Waals surface area contributed by atoms with Gasteiger partial charge in [0.2, 0.25) is 12.7 Å². The van der Waals surface area contributed by atoms with Crippen molar-refractivity contribution in [3.63, 3.8) is 0 Å². The molecule has 3 aromatic rings. The summed E-state index contributed by atoms with van der Waals surface area (Å²) in [6.45, 7) is 2.86. The highest BCUT2D eigenvalue weighted by Gasteiger charge is 2.20. The Kier molecular flexibility index (Phi) is 4.12. The van der Waals surface area contributed by atoms with Crippen molar-refractivity contribution in [1.82, 2.24) is 9.97 Å². The summed E-state index contributed by atoms with van der Waals surface area (Å²) < 4.78 is 10.8. The SMILES string of the molecule is CCNc1nc(-c2ccccc2)c(C#N)c(-c2ccc3c(c2)OCO3)n1. The molecule has 0 bridgehead atoms. The lowest BCUT2D eigenvalue weighted by atomic mass is 10.0. The minimum atomic E-state index is 0.200. The maximum atomic E-state index is 9.83. The maximum absolute atomic E-state index is 9.83. The van der Waals surface area contributed by atoms with Crippen LogP contribution in [0.5, 0.6) is 11.5 Å². The zero-order valence-corrected chi connectivity index (χ0v) is 14.2. The summed E-state index contributed by atoms with van der Waals surface area (Å²) in [4.78, 5) is 9.14. The number of hydrogen-bond acceptors (Lipinski definition) is 6. The molecular formula is C20H16N4O2. The van der Waals surface area contributed by atoms with E-state index in [0.717, 1.165) is 11.1 Å². The Morgan fingerprint density at radius 1 is 1.00 bits per heavy atom. The number of nitrogens with zero attached hydrogens (tertiary/aromatic N) is 3. The molecule has 1 N–H and O–H groups in total. The first kappa shape index (κ1) is 15.9. The van der Waals surface area contributed by atoms with Gasteiger partial charge >= 0.3 is 0 Å². The van der Waals surface area contributed by atoms with Crippen LogP contribution in [0.15, 0.2) is 48.5 Å². The van der Waals surface area contributed by atoms with Gasteiger partial charge in [-0.1, -0.05) is 30.3 Å². The Morgan fingerprint density at radius 3 is 2.46 bits per heavy atom. The van der Waals surface area contributed by atoms with E-state index in [1.54, 1.807) is 0 Å². The summed E-state index contributed by atoms with van der Waals surface area (Å²) in [5.74, 6) is 1.82. The maximum Gasteiger partial charge on any atom is 0.231 e. The van der Waals surface area contributed by atoms with Crippen molar-refractivity contribution < 1.29 is 9.47 Å². The van der Waals surface area contributed by atoms with Crippen molar-refractivity contribution in [3.8, 4) is 40.1 Å². The molecule has 0 fully saturated rings. The number of rotatable bonds is 4. The second-order valence-corrected chi connectivity index (χ2v) is 5.70. The Hall–Kier alpha value is -3.59. The highest BCUT2D eigenvalue weighted by atomic mass is 16.7. The number of nitrogens with one attached hydrogen (secondary N) is 1. The van der Waals surface area contributed by atoms with Gasteiger partial charge in [0.1, 0.15) is 11.6 Å². The van der Waals surface area contributed by atoms with Gasteiger partial charge in [0.25, 0.3) is 0 Å². The molecule has 0 amide bonds. The number of anilines is 1. The molecule has 128 valence electrons. The van der Waals surface area contributed by atoms with E-state index in [1.807, 2.05) is 55.5 Å². The molecule has 2 heterocycles. The van der Waals surface area contributed by atoms with Crippen LogP contribution in [-0.2, 0) is 0 Å². The number of hydrogen-bond donors (Lipinski definition) is 1. The molecule has 0 atom stereocenters. The van der Waals surface area contributed by atoms with Crippen LogP contribution < -0.4 is 14.8 Å². The van der Waals surface area contributed by atoms with Crippen molar-refractivity contribution in [2.75, 3.05) is 18.7 Å². The second kappa shape index (κ2) is 6.73. The van der Waals surface area contributed by atoms with Gasteiger partial charge in [-0.05, 0) is 25.1 Å². The fraction of sp³-hybridized carbons (Fsp3) is 0.150. The molecule has 1 aliphatic heterocycles. The van der Waals surface area contributed by atoms with E-state index >= 15 is 0 Å². The summed E-state index contributed by atoms with van der Waals surface area (Å²) in [7, 11) is 0. The quantitative estimate of drug-likeness (QED) is 0.774. The van der Waals surface area contributed by atoms with Gasteiger partial charge in [-0.15, -0.1) is 0 Å². The van der Waals surface area contributed by atoms with Gasteiger partial charge < -0.3 is 14.8 Å². The Labute approximate surface area is 151 Å². The monoisotopic (exact) mass is 344 g/mol. The van der Waals surface area contributed by atoms with Crippen LogP contribution in [0.25, 0.3) is 22.5 Å². The summed E-state index contributed by atoms with van der Waals surface area (Å²) in [6, 6.07) is 17.5. The van der Waals surface area contributed by atoms with Crippen LogP contribution in [0.4, 0.5) is 5.95 Å². The van der Waals surface area contributed by atoms with Gasteiger partial charge in [-0.3, -0.25) is 0 Å². The largest absolute Gasteiger partial charge is 0.454 e. The first-order chi connectivity index (χ1) is 12.8. The van der Waals surface area contributed by atoms with E-state index < -0.39 is 0 Å². The summed E-state index contributed by atoms with van der Waals surface area (Å²) in [6.07, 6.45) is 0. The Balaban J connectivity index is 1.93. The number of benzene rings is 2. The fourth-order valence-electron chi connectivity index (χ4n) is 2.86. The van der Waals surface area contributed by atoms with Gasteiger partial charge in [0.05, 0.1) is 11.4 Å². The van der Waals surface area contributed by atoms with Crippen LogP contribution >= 0.6 is 0 Å². The zero-order valence-electron chi connectivity index (χ0n) is 14.2. The number of ether oxygens (including phenoxy) is 2. The molecule has 6 nitrogen and oxygen atoms in total. The van der Waals surface area contributed by atoms with Crippen LogP contribution in [0.3, 0.4) is 0 Å². The van der Waals surface area contributed by atoms with Crippen molar-refractivity contribution in [2.24, 2.45) is 0 Å². The van der Waals surface area contributed by atoms with Crippen molar-refractivity contribution in [3.05, 3.63) is 54.1 Å². The first-order valence-electron chi connectivity index (χ1n) is 8.31. The van der Waals surface area contributed by atoms with Crippen LogP contribution in [0.2, 0.25) is 0 Å².